The van der Waals surface area contributed by atoms with Gasteiger partial charge in [0.2, 0.25) is 5.91 Å². The summed E-state index contributed by atoms with van der Waals surface area (Å²) in [6.07, 6.45) is 0.622. The maximum Gasteiger partial charge on any atom is 0.227 e. The Morgan fingerprint density at radius 2 is 1.77 bits per heavy atom. The first kappa shape index (κ1) is 20.3. The smallest absolute Gasteiger partial charge is 0.227 e. The predicted molar refractivity (Wildman–Crippen MR) is 112 cm³/mol. The lowest BCUT2D eigenvalue weighted by molar-refractivity contribution is -0.133. The Bertz CT molecular complexity index is 1120. The van der Waals surface area contributed by atoms with E-state index < -0.39 is 9.84 Å². The van der Waals surface area contributed by atoms with Crippen molar-refractivity contribution in [3.05, 3.63) is 83.9 Å². The Hall–Kier alpha value is -2.93. The van der Waals surface area contributed by atoms with Crippen molar-refractivity contribution in [2.24, 2.45) is 0 Å². The Morgan fingerprint density at radius 1 is 1.03 bits per heavy atom. The molecule has 0 unspecified atom stereocenters. The molecule has 0 spiro atoms. The lowest BCUT2D eigenvalue weighted by Crippen LogP contribution is -2.41. The fraction of sp³-hybridized carbons (Fsp3) is 0.261. The number of hydrogen-bond acceptors (Lipinski definition) is 4. The Kier molecular flexibility index (Phi) is 5.72. The van der Waals surface area contributed by atoms with E-state index >= 15 is 0 Å². The van der Waals surface area contributed by atoms with Gasteiger partial charge in [-0.25, -0.2) is 12.8 Å². The number of nitrogens with zero attached hydrogens (tertiary/aromatic N) is 1. The molecule has 0 radical (unpaired) electrons. The summed E-state index contributed by atoms with van der Waals surface area (Å²) in [5, 5.41) is 0. The van der Waals surface area contributed by atoms with E-state index in [1.165, 1.54) is 12.1 Å². The number of hydrogen-bond donors (Lipinski definition) is 0. The molecule has 1 aromatic heterocycles. The summed E-state index contributed by atoms with van der Waals surface area (Å²) < 4.78 is 43.1. The summed E-state index contributed by atoms with van der Waals surface area (Å²) in [7, 11) is -3.14. The minimum atomic E-state index is -3.14. The summed E-state index contributed by atoms with van der Waals surface area (Å²) in [4.78, 5) is 14.7. The average molecular weight is 427 g/mol. The highest BCUT2D eigenvalue weighted by atomic mass is 32.2. The van der Waals surface area contributed by atoms with Crippen LogP contribution in [0.4, 0.5) is 4.39 Å². The lowest BCUT2D eigenvalue weighted by Gasteiger charge is -2.27. The van der Waals surface area contributed by atoms with Crippen LogP contribution < -0.4 is 0 Å². The normalized spacial score (nSPS) is 17.7. The van der Waals surface area contributed by atoms with Gasteiger partial charge in [-0.3, -0.25) is 4.79 Å². The first-order valence-electron chi connectivity index (χ1n) is 9.78. The molecule has 5 nitrogen and oxygen atoms in total. The summed E-state index contributed by atoms with van der Waals surface area (Å²) in [6.45, 7) is 0.188. The summed E-state index contributed by atoms with van der Waals surface area (Å²) in [5.74, 6) is 0.721. The highest BCUT2D eigenvalue weighted by molar-refractivity contribution is 7.91. The van der Waals surface area contributed by atoms with E-state index in [-0.39, 0.29) is 42.2 Å². The molecule has 1 atom stereocenters. The second-order valence-corrected chi connectivity index (χ2v) is 9.74. The van der Waals surface area contributed by atoms with E-state index in [4.69, 9.17) is 4.42 Å². The number of sulfone groups is 1. The van der Waals surface area contributed by atoms with Gasteiger partial charge in [-0.05, 0) is 48.4 Å². The van der Waals surface area contributed by atoms with Gasteiger partial charge in [0.15, 0.2) is 9.84 Å². The molecule has 1 saturated heterocycles. The second kappa shape index (κ2) is 8.44. The fourth-order valence-electron chi connectivity index (χ4n) is 3.71. The van der Waals surface area contributed by atoms with E-state index in [0.29, 0.717) is 17.9 Å². The molecule has 2 heterocycles. The fourth-order valence-corrected chi connectivity index (χ4v) is 5.44. The monoisotopic (exact) mass is 427 g/mol. The molecule has 1 amide bonds. The molecular formula is C23H22FNO4S. The standard InChI is InChI=1S/C23H22FNO4S/c24-19-8-6-18(7-9-19)22-11-10-21(29-22)15-25(20-12-13-30(27,28)16-20)23(26)14-17-4-2-1-3-5-17/h1-11,20H,12-16H2/t20-/m0/s1. The molecular weight excluding hydrogens is 405 g/mol. The lowest BCUT2D eigenvalue weighted by atomic mass is 10.1. The zero-order valence-corrected chi connectivity index (χ0v) is 17.1. The summed E-state index contributed by atoms with van der Waals surface area (Å²) in [5.41, 5.74) is 1.60. The second-order valence-electron chi connectivity index (χ2n) is 7.51. The predicted octanol–water partition coefficient (Wildman–Crippen LogP) is 3.84. The maximum absolute atomic E-state index is 13.2. The van der Waals surface area contributed by atoms with E-state index in [1.807, 2.05) is 30.3 Å². The van der Waals surface area contributed by atoms with Crippen molar-refractivity contribution in [1.29, 1.82) is 0 Å². The van der Waals surface area contributed by atoms with Crippen molar-refractivity contribution in [3.63, 3.8) is 0 Å². The Morgan fingerprint density at radius 3 is 2.43 bits per heavy atom. The van der Waals surface area contributed by atoms with Crippen LogP contribution in [0.3, 0.4) is 0 Å². The van der Waals surface area contributed by atoms with E-state index in [1.54, 1.807) is 29.2 Å². The third kappa shape index (κ3) is 4.79. The largest absolute Gasteiger partial charge is 0.459 e. The SMILES string of the molecule is O=C(Cc1ccccc1)N(Cc1ccc(-c2ccc(F)cc2)o1)[C@H]1CCS(=O)(=O)C1. The molecule has 0 aliphatic carbocycles. The zero-order valence-electron chi connectivity index (χ0n) is 16.3. The van der Waals surface area contributed by atoms with Crippen LogP contribution >= 0.6 is 0 Å². The number of carbonyl (C=O) groups excluding carboxylic acids is 1. The minimum absolute atomic E-state index is 0.0287. The molecule has 30 heavy (non-hydrogen) atoms. The molecule has 0 saturated carbocycles. The van der Waals surface area contributed by atoms with Crippen LogP contribution in [-0.2, 0) is 27.6 Å². The number of furan rings is 1. The molecule has 4 rings (SSSR count). The summed E-state index contributed by atoms with van der Waals surface area (Å²) in [6, 6.07) is 18.5. The van der Waals surface area contributed by atoms with Crippen molar-refractivity contribution in [2.75, 3.05) is 11.5 Å². The van der Waals surface area contributed by atoms with Crippen molar-refractivity contribution in [3.8, 4) is 11.3 Å². The minimum Gasteiger partial charge on any atom is -0.459 e. The van der Waals surface area contributed by atoms with Gasteiger partial charge in [0.05, 0.1) is 24.5 Å². The van der Waals surface area contributed by atoms with Crippen LogP contribution in [0.5, 0.6) is 0 Å². The van der Waals surface area contributed by atoms with Gasteiger partial charge in [-0.15, -0.1) is 0 Å². The van der Waals surface area contributed by atoms with Crippen molar-refractivity contribution < 1.29 is 22.0 Å². The molecule has 2 aromatic carbocycles. The molecule has 7 heteroatoms. The Balaban J connectivity index is 1.55. The number of benzene rings is 2. The quantitative estimate of drug-likeness (QED) is 0.599. The van der Waals surface area contributed by atoms with Crippen LogP contribution in [0, 0.1) is 5.82 Å². The van der Waals surface area contributed by atoms with Gasteiger partial charge in [0.1, 0.15) is 17.3 Å². The highest BCUT2D eigenvalue weighted by Gasteiger charge is 2.35. The van der Waals surface area contributed by atoms with Crippen LogP contribution in [0.2, 0.25) is 0 Å². The van der Waals surface area contributed by atoms with Gasteiger partial charge in [0, 0.05) is 11.6 Å². The van der Waals surface area contributed by atoms with E-state index in [2.05, 4.69) is 0 Å². The molecule has 156 valence electrons. The number of carbonyl (C=O) groups is 1. The number of amides is 1. The van der Waals surface area contributed by atoms with Crippen molar-refractivity contribution in [1.82, 2.24) is 4.90 Å². The highest BCUT2D eigenvalue weighted by Crippen LogP contribution is 2.26. The van der Waals surface area contributed by atoms with Gasteiger partial charge in [-0.2, -0.15) is 0 Å². The van der Waals surface area contributed by atoms with Crippen molar-refractivity contribution >= 4 is 15.7 Å². The van der Waals surface area contributed by atoms with Crippen LogP contribution in [-0.4, -0.2) is 36.8 Å². The molecule has 0 bridgehead atoms. The van der Waals surface area contributed by atoms with Gasteiger partial charge < -0.3 is 9.32 Å². The Labute approximate surface area is 175 Å². The molecule has 1 aliphatic heterocycles. The molecule has 3 aromatic rings. The van der Waals surface area contributed by atoms with Crippen molar-refractivity contribution in [2.45, 2.75) is 25.4 Å². The van der Waals surface area contributed by atoms with Crippen LogP contribution in [0.15, 0.2) is 71.1 Å². The maximum atomic E-state index is 13.2. The third-order valence-corrected chi connectivity index (χ3v) is 7.03. The first-order valence-corrected chi connectivity index (χ1v) is 11.6. The van der Waals surface area contributed by atoms with E-state index in [0.717, 1.165) is 11.1 Å². The third-order valence-electron chi connectivity index (χ3n) is 5.28. The summed E-state index contributed by atoms with van der Waals surface area (Å²) >= 11 is 0. The van der Waals surface area contributed by atoms with Crippen LogP contribution in [0.1, 0.15) is 17.7 Å². The van der Waals surface area contributed by atoms with Gasteiger partial charge in [0.25, 0.3) is 0 Å². The molecule has 0 N–H and O–H groups in total. The number of halogens is 1. The molecule has 1 aliphatic rings. The van der Waals surface area contributed by atoms with Gasteiger partial charge in [-0.1, -0.05) is 30.3 Å². The topological polar surface area (TPSA) is 67.6 Å². The first-order chi connectivity index (χ1) is 14.4. The average Bonchev–Trinajstić information content (AvgIpc) is 3.33. The zero-order chi connectivity index (χ0) is 21.1. The van der Waals surface area contributed by atoms with E-state index in [9.17, 15) is 17.6 Å². The number of rotatable bonds is 6. The van der Waals surface area contributed by atoms with Gasteiger partial charge >= 0.3 is 0 Å². The molecule has 1 fully saturated rings. The van der Waals surface area contributed by atoms with Crippen LogP contribution in [0.25, 0.3) is 11.3 Å².